The first kappa shape index (κ1) is 28.0. The number of nitrogens with one attached hydrogen (secondary N) is 2. The third-order valence-electron chi connectivity index (χ3n) is 7.04. The number of sulfonamides is 1. The zero-order valence-electron chi connectivity index (χ0n) is 22.4. The fourth-order valence-electron chi connectivity index (χ4n) is 4.71. The van der Waals surface area contributed by atoms with Crippen LogP contribution in [0.2, 0.25) is 0 Å². The van der Waals surface area contributed by atoms with Crippen LogP contribution in [0.25, 0.3) is 0 Å². The van der Waals surface area contributed by atoms with Crippen molar-refractivity contribution in [3.63, 3.8) is 0 Å². The molecule has 1 aliphatic heterocycles. The molecule has 0 aliphatic carbocycles. The van der Waals surface area contributed by atoms with Crippen molar-refractivity contribution < 1.29 is 22.8 Å². The van der Waals surface area contributed by atoms with E-state index in [1.807, 2.05) is 38.1 Å². The van der Waals surface area contributed by atoms with Crippen molar-refractivity contribution in [1.82, 2.24) is 14.5 Å². The smallest absolute Gasteiger partial charge is 0.325 e. The molecular weight excluding hydrogens is 516 g/mol. The standard InChI is InChI=1S/C29H32N4O5S/c1-5-32(6-2)39(37,38)25-16-14-24(15-17-25)30-26(34)19-33-27(35)29(31-28(33)36,22-10-8-7-9-11-22)23-13-12-20(3)21(4)18-23/h7-18H,5-6,19H2,1-4H3,(H,30,34)(H,31,36)/t29-/m1/s1. The maximum absolute atomic E-state index is 13.9. The summed E-state index contributed by atoms with van der Waals surface area (Å²) in [6, 6.07) is 19.6. The Morgan fingerprint density at radius 2 is 1.54 bits per heavy atom. The molecule has 10 heteroatoms. The number of rotatable bonds is 9. The predicted molar refractivity (Wildman–Crippen MR) is 149 cm³/mol. The molecule has 9 nitrogen and oxygen atoms in total. The summed E-state index contributed by atoms with van der Waals surface area (Å²) in [4.78, 5) is 40.9. The highest BCUT2D eigenvalue weighted by Gasteiger charge is 2.54. The molecule has 39 heavy (non-hydrogen) atoms. The molecular formula is C29H32N4O5S. The van der Waals surface area contributed by atoms with Gasteiger partial charge < -0.3 is 10.6 Å². The van der Waals surface area contributed by atoms with E-state index in [9.17, 15) is 22.8 Å². The maximum atomic E-state index is 13.9. The number of anilines is 1. The summed E-state index contributed by atoms with van der Waals surface area (Å²) in [6.07, 6.45) is 0. The Labute approximate surface area is 228 Å². The molecule has 1 heterocycles. The van der Waals surface area contributed by atoms with E-state index in [-0.39, 0.29) is 4.90 Å². The molecule has 1 fully saturated rings. The minimum absolute atomic E-state index is 0.110. The van der Waals surface area contributed by atoms with Crippen molar-refractivity contribution in [3.05, 3.63) is 95.1 Å². The largest absolute Gasteiger partial charge is 0.326 e. The van der Waals surface area contributed by atoms with E-state index in [2.05, 4.69) is 10.6 Å². The van der Waals surface area contributed by atoms with Crippen molar-refractivity contribution in [2.75, 3.05) is 25.0 Å². The first-order valence-corrected chi connectivity index (χ1v) is 14.2. The summed E-state index contributed by atoms with van der Waals surface area (Å²) >= 11 is 0. The molecule has 1 saturated heterocycles. The molecule has 1 aliphatic rings. The molecule has 1 atom stereocenters. The van der Waals surface area contributed by atoms with Gasteiger partial charge in [0.25, 0.3) is 5.91 Å². The number of imide groups is 1. The highest BCUT2D eigenvalue weighted by molar-refractivity contribution is 7.89. The normalized spacial score (nSPS) is 17.4. The van der Waals surface area contributed by atoms with Crippen LogP contribution in [0.15, 0.2) is 77.7 Å². The van der Waals surface area contributed by atoms with Gasteiger partial charge in [0.2, 0.25) is 15.9 Å². The lowest BCUT2D eigenvalue weighted by Gasteiger charge is -2.28. The number of hydrogen-bond donors (Lipinski definition) is 2. The van der Waals surface area contributed by atoms with Gasteiger partial charge in [-0.15, -0.1) is 0 Å². The average Bonchev–Trinajstić information content (AvgIpc) is 3.17. The lowest BCUT2D eigenvalue weighted by molar-refractivity contribution is -0.133. The van der Waals surface area contributed by atoms with Gasteiger partial charge >= 0.3 is 6.03 Å². The second-order valence-electron chi connectivity index (χ2n) is 9.40. The Morgan fingerprint density at radius 1 is 0.897 bits per heavy atom. The number of amides is 4. The van der Waals surface area contributed by atoms with E-state index in [0.717, 1.165) is 16.0 Å². The van der Waals surface area contributed by atoms with Gasteiger partial charge in [-0.1, -0.05) is 62.4 Å². The van der Waals surface area contributed by atoms with Gasteiger partial charge in [0, 0.05) is 18.8 Å². The molecule has 2 N–H and O–H groups in total. The van der Waals surface area contributed by atoms with Gasteiger partial charge in [-0.3, -0.25) is 14.5 Å². The van der Waals surface area contributed by atoms with Crippen LogP contribution < -0.4 is 10.6 Å². The summed E-state index contributed by atoms with van der Waals surface area (Å²) in [6.45, 7) is 7.60. The lowest BCUT2D eigenvalue weighted by Crippen LogP contribution is -2.45. The van der Waals surface area contributed by atoms with Crippen LogP contribution in [-0.2, 0) is 25.2 Å². The Hall–Kier alpha value is -4.02. The molecule has 204 valence electrons. The van der Waals surface area contributed by atoms with Crippen molar-refractivity contribution in [3.8, 4) is 0 Å². The lowest BCUT2D eigenvalue weighted by atomic mass is 9.81. The fourth-order valence-corrected chi connectivity index (χ4v) is 6.17. The molecule has 0 bridgehead atoms. The second kappa shape index (κ2) is 11.0. The van der Waals surface area contributed by atoms with Gasteiger partial charge in [0.15, 0.2) is 5.54 Å². The van der Waals surface area contributed by atoms with Crippen LogP contribution >= 0.6 is 0 Å². The van der Waals surface area contributed by atoms with Crippen molar-refractivity contribution in [1.29, 1.82) is 0 Å². The molecule has 0 aromatic heterocycles. The third-order valence-corrected chi connectivity index (χ3v) is 9.10. The maximum Gasteiger partial charge on any atom is 0.326 e. The Balaban J connectivity index is 1.57. The quantitative estimate of drug-likeness (QED) is 0.395. The summed E-state index contributed by atoms with van der Waals surface area (Å²) in [5.74, 6) is -1.15. The van der Waals surface area contributed by atoms with Crippen molar-refractivity contribution in [2.24, 2.45) is 0 Å². The molecule has 0 unspecified atom stereocenters. The van der Waals surface area contributed by atoms with Gasteiger partial charge in [0.1, 0.15) is 6.54 Å². The number of carbonyl (C=O) groups is 3. The van der Waals surface area contributed by atoms with Gasteiger partial charge in [0.05, 0.1) is 4.90 Å². The minimum Gasteiger partial charge on any atom is -0.325 e. The van der Waals surface area contributed by atoms with Gasteiger partial charge in [-0.25, -0.2) is 13.2 Å². The average molecular weight is 549 g/mol. The van der Waals surface area contributed by atoms with Gasteiger partial charge in [-0.05, 0) is 60.4 Å². The van der Waals surface area contributed by atoms with Crippen LogP contribution in [0.4, 0.5) is 10.5 Å². The van der Waals surface area contributed by atoms with E-state index >= 15 is 0 Å². The molecule has 0 radical (unpaired) electrons. The summed E-state index contributed by atoms with van der Waals surface area (Å²) in [5, 5.41) is 5.50. The summed E-state index contributed by atoms with van der Waals surface area (Å²) in [7, 11) is -3.64. The van der Waals surface area contributed by atoms with Crippen LogP contribution in [-0.4, -0.2) is 55.1 Å². The molecule has 0 saturated carbocycles. The van der Waals surface area contributed by atoms with Crippen molar-refractivity contribution in [2.45, 2.75) is 38.1 Å². The zero-order chi connectivity index (χ0) is 28.4. The molecule has 3 aromatic carbocycles. The van der Waals surface area contributed by atoms with Crippen molar-refractivity contribution >= 4 is 33.6 Å². The molecule has 3 aromatic rings. The first-order valence-electron chi connectivity index (χ1n) is 12.7. The Kier molecular flexibility index (Phi) is 7.89. The van der Waals surface area contributed by atoms with E-state index in [4.69, 9.17) is 0 Å². The zero-order valence-corrected chi connectivity index (χ0v) is 23.2. The summed E-state index contributed by atoms with van der Waals surface area (Å²) < 4.78 is 26.8. The topological polar surface area (TPSA) is 116 Å². The van der Waals surface area contributed by atoms with E-state index in [1.54, 1.807) is 38.1 Å². The second-order valence-corrected chi connectivity index (χ2v) is 11.3. The van der Waals surface area contributed by atoms with Gasteiger partial charge in [-0.2, -0.15) is 4.31 Å². The first-order chi connectivity index (χ1) is 18.5. The molecule has 0 spiro atoms. The minimum atomic E-state index is -3.64. The number of urea groups is 1. The highest BCUT2D eigenvalue weighted by Crippen LogP contribution is 2.36. The summed E-state index contributed by atoms with van der Waals surface area (Å²) in [5.41, 5.74) is 2.06. The predicted octanol–water partition coefficient (Wildman–Crippen LogP) is 3.77. The number of aryl methyl sites for hydroxylation is 2. The monoisotopic (exact) mass is 548 g/mol. The van der Waals surface area contributed by atoms with Crippen LogP contribution in [0.3, 0.4) is 0 Å². The van der Waals surface area contributed by atoms with E-state index < -0.39 is 40.0 Å². The van der Waals surface area contributed by atoms with Crippen LogP contribution in [0, 0.1) is 13.8 Å². The SMILES string of the molecule is CCN(CC)S(=O)(=O)c1ccc(NC(=O)CN2C(=O)N[C@](c3ccccc3)(c3ccc(C)c(C)c3)C2=O)cc1. The van der Waals surface area contributed by atoms with E-state index in [1.165, 1.54) is 28.6 Å². The Morgan fingerprint density at radius 3 is 2.13 bits per heavy atom. The highest BCUT2D eigenvalue weighted by atomic mass is 32.2. The van der Waals surface area contributed by atoms with Crippen LogP contribution in [0.1, 0.15) is 36.1 Å². The fraction of sp³-hybridized carbons (Fsp3) is 0.276. The Bertz CT molecular complexity index is 1500. The van der Waals surface area contributed by atoms with Crippen LogP contribution in [0.5, 0.6) is 0 Å². The van der Waals surface area contributed by atoms with E-state index in [0.29, 0.717) is 29.9 Å². The number of benzene rings is 3. The number of carbonyl (C=O) groups excluding carboxylic acids is 3. The third kappa shape index (κ3) is 5.17. The molecule has 4 amide bonds. The molecule has 4 rings (SSSR count). The number of hydrogen-bond acceptors (Lipinski definition) is 5. The number of nitrogens with zero attached hydrogens (tertiary/aromatic N) is 2.